The zero-order chi connectivity index (χ0) is 13.0. The molecule has 1 N–H and O–H groups in total. The summed E-state index contributed by atoms with van der Waals surface area (Å²) in [6.45, 7) is 10.5. The van der Waals surface area contributed by atoms with Crippen molar-refractivity contribution in [2.24, 2.45) is 5.92 Å². The van der Waals surface area contributed by atoms with Crippen LogP contribution in [0.15, 0.2) is 6.07 Å². The average Bonchev–Trinajstić information content (AvgIpc) is 2.24. The van der Waals surface area contributed by atoms with E-state index in [-0.39, 0.29) is 6.04 Å². The molecule has 17 heavy (non-hydrogen) atoms. The monoisotopic (exact) mass is 255 g/mol. The Balaban J connectivity index is 2.90. The summed E-state index contributed by atoms with van der Waals surface area (Å²) < 4.78 is 0. The van der Waals surface area contributed by atoms with E-state index >= 15 is 0 Å². The second-order valence-corrected chi connectivity index (χ2v) is 5.37. The molecular weight excluding hydrogens is 234 g/mol. The summed E-state index contributed by atoms with van der Waals surface area (Å²) in [4.78, 5) is 8.93. The van der Waals surface area contributed by atoms with Crippen molar-refractivity contribution in [1.29, 1.82) is 0 Å². The van der Waals surface area contributed by atoms with Crippen LogP contribution in [0.25, 0.3) is 0 Å². The Morgan fingerprint density at radius 2 is 1.88 bits per heavy atom. The van der Waals surface area contributed by atoms with Crippen molar-refractivity contribution in [3.05, 3.63) is 17.5 Å². The standard InChI is InChI=1S/C13H22ClN3/c1-8(2)11-6-10(5)15-13(16-11)17-12(7-14)9(3)4/h6,8-9,12H,7H2,1-5H3,(H,15,16,17). The van der Waals surface area contributed by atoms with E-state index < -0.39 is 0 Å². The van der Waals surface area contributed by atoms with E-state index in [0.717, 1.165) is 11.4 Å². The highest BCUT2D eigenvalue weighted by Gasteiger charge is 2.14. The molecule has 0 saturated carbocycles. The lowest BCUT2D eigenvalue weighted by molar-refractivity contribution is 0.559. The second-order valence-electron chi connectivity index (χ2n) is 5.06. The molecule has 96 valence electrons. The third-order valence-electron chi connectivity index (χ3n) is 2.75. The van der Waals surface area contributed by atoms with Gasteiger partial charge in [0.05, 0.1) is 0 Å². The van der Waals surface area contributed by atoms with Crippen molar-refractivity contribution in [3.8, 4) is 0 Å². The molecule has 0 aliphatic heterocycles. The Hall–Kier alpha value is -0.830. The first-order valence-electron chi connectivity index (χ1n) is 6.12. The van der Waals surface area contributed by atoms with Gasteiger partial charge in [-0.1, -0.05) is 27.7 Å². The number of halogens is 1. The molecule has 1 unspecified atom stereocenters. The average molecular weight is 256 g/mol. The summed E-state index contributed by atoms with van der Waals surface area (Å²) >= 11 is 5.94. The van der Waals surface area contributed by atoms with E-state index in [9.17, 15) is 0 Å². The van der Waals surface area contributed by atoms with Gasteiger partial charge in [-0.2, -0.15) is 0 Å². The number of aromatic nitrogens is 2. The molecule has 1 aromatic heterocycles. The zero-order valence-electron chi connectivity index (χ0n) is 11.3. The molecule has 4 heteroatoms. The second kappa shape index (κ2) is 6.20. The van der Waals surface area contributed by atoms with E-state index in [1.165, 1.54) is 0 Å². The molecule has 0 amide bonds. The van der Waals surface area contributed by atoms with Crippen molar-refractivity contribution >= 4 is 17.5 Å². The van der Waals surface area contributed by atoms with Crippen molar-refractivity contribution in [2.75, 3.05) is 11.2 Å². The molecule has 0 radical (unpaired) electrons. The Kier molecular flexibility index (Phi) is 5.19. The maximum absolute atomic E-state index is 5.94. The molecule has 0 spiro atoms. The minimum absolute atomic E-state index is 0.207. The molecule has 0 saturated heterocycles. The third kappa shape index (κ3) is 4.15. The van der Waals surface area contributed by atoms with E-state index in [4.69, 9.17) is 11.6 Å². The minimum atomic E-state index is 0.207. The first-order chi connectivity index (χ1) is 7.93. The Bertz CT molecular complexity index is 364. The highest BCUT2D eigenvalue weighted by Crippen LogP contribution is 2.16. The van der Waals surface area contributed by atoms with Crippen LogP contribution in [0.4, 0.5) is 5.95 Å². The molecule has 0 bridgehead atoms. The number of anilines is 1. The number of rotatable bonds is 5. The van der Waals surface area contributed by atoms with E-state index in [1.807, 2.05) is 13.0 Å². The van der Waals surface area contributed by atoms with Gasteiger partial charge in [0.2, 0.25) is 5.95 Å². The van der Waals surface area contributed by atoms with Gasteiger partial charge in [0.25, 0.3) is 0 Å². The molecule has 3 nitrogen and oxygen atoms in total. The van der Waals surface area contributed by atoms with Crippen LogP contribution < -0.4 is 5.32 Å². The van der Waals surface area contributed by atoms with Gasteiger partial charge in [0, 0.05) is 23.3 Å². The Morgan fingerprint density at radius 1 is 1.24 bits per heavy atom. The van der Waals surface area contributed by atoms with Gasteiger partial charge in [-0.3, -0.25) is 0 Å². The number of aryl methyl sites for hydroxylation is 1. The van der Waals surface area contributed by atoms with Crippen molar-refractivity contribution in [2.45, 2.75) is 46.6 Å². The maximum atomic E-state index is 5.94. The maximum Gasteiger partial charge on any atom is 0.223 e. The van der Waals surface area contributed by atoms with Crippen LogP contribution in [0.3, 0.4) is 0 Å². The molecule has 1 aromatic rings. The fraction of sp³-hybridized carbons (Fsp3) is 0.692. The molecule has 1 rings (SSSR count). The topological polar surface area (TPSA) is 37.8 Å². The van der Waals surface area contributed by atoms with Gasteiger partial charge >= 0.3 is 0 Å². The largest absolute Gasteiger partial charge is 0.350 e. The van der Waals surface area contributed by atoms with Gasteiger partial charge in [-0.25, -0.2) is 9.97 Å². The number of nitrogens with zero attached hydrogens (tertiary/aromatic N) is 2. The SMILES string of the molecule is Cc1cc(C(C)C)nc(NC(CCl)C(C)C)n1. The third-order valence-corrected chi connectivity index (χ3v) is 3.08. The molecule has 0 aliphatic carbocycles. The summed E-state index contributed by atoms with van der Waals surface area (Å²) in [6.07, 6.45) is 0. The van der Waals surface area contributed by atoms with Crippen molar-refractivity contribution in [1.82, 2.24) is 9.97 Å². The molecule has 0 fully saturated rings. The first kappa shape index (κ1) is 14.2. The lowest BCUT2D eigenvalue weighted by Gasteiger charge is -2.20. The molecule has 0 aromatic carbocycles. The number of hydrogen-bond acceptors (Lipinski definition) is 3. The Morgan fingerprint density at radius 3 is 2.35 bits per heavy atom. The van der Waals surface area contributed by atoms with Crippen molar-refractivity contribution < 1.29 is 0 Å². The fourth-order valence-electron chi connectivity index (χ4n) is 1.50. The summed E-state index contributed by atoms with van der Waals surface area (Å²) in [5.41, 5.74) is 2.06. The van der Waals surface area contributed by atoms with Crippen LogP contribution in [-0.4, -0.2) is 21.9 Å². The van der Waals surface area contributed by atoms with Crippen LogP contribution in [0.2, 0.25) is 0 Å². The summed E-state index contributed by atoms with van der Waals surface area (Å²) in [6, 6.07) is 2.24. The number of nitrogens with one attached hydrogen (secondary N) is 1. The van der Waals surface area contributed by atoms with Crippen LogP contribution in [0, 0.1) is 12.8 Å². The predicted molar refractivity (Wildman–Crippen MR) is 73.8 cm³/mol. The van der Waals surface area contributed by atoms with Crippen LogP contribution in [-0.2, 0) is 0 Å². The van der Waals surface area contributed by atoms with Crippen molar-refractivity contribution in [3.63, 3.8) is 0 Å². The van der Waals surface area contributed by atoms with Crippen LogP contribution in [0.1, 0.15) is 45.0 Å². The molecular formula is C13H22ClN3. The van der Waals surface area contributed by atoms with E-state index in [0.29, 0.717) is 23.7 Å². The van der Waals surface area contributed by atoms with Crippen LogP contribution in [0.5, 0.6) is 0 Å². The molecule has 1 atom stereocenters. The predicted octanol–water partition coefficient (Wildman–Crippen LogP) is 3.58. The molecule has 1 heterocycles. The highest BCUT2D eigenvalue weighted by molar-refractivity contribution is 6.18. The lowest BCUT2D eigenvalue weighted by atomic mass is 10.1. The lowest BCUT2D eigenvalue weighted by Crippen LogP contribution is -2.28. The zero-order valence-corrected chi connectivity index (χ0v) is 12.0. The van der Waals surface area contributed by atoms with Gasteiger partial charge in [-0.15, -0.1) is 11.6 Å². The van der Waals surface area contributed by atoms with E-state index in [1.54, 1.807) is 0 Å². The summed E-state index contributed by atoms with van der Waals surface area (Å²) in [5, 5.41) is 3.31. The molecule has 0 aliphatic rings. The van der Waals surface area contributed by atoms with Crippen LogP contribution >= 0.6 is 11.6 Å². The Labute approximate surface area is 109 Å². The normalized spacial score (nSPS) is 13.2. The summed E-state index contributed by atoms with van der Waals surface area (Å²) in [5.74, 6) is 2.12. The van der Waals surface area contributed by atoms with E-state index in [2.05, 4.69) is 43.0 Å². The highest BCUT2D eigenvalue weighted by atomic mass is 35.5. The summed E-state index contributed by atoms with van der Waals surface area (Å²) in [7, 11) is 0. The fourth-order valence-corrected chi connectivity index (χ4v) is 1.94. The smallest absolute Gasteiger partial charge is 0.223 e. The van der Waals surface area contributed by atoms with Gasteiger partial charge in [-0.05, 0) is 24.8 Å². The van der Waals surface area contributed by atoms with Gasteiger partial charge in [0.15, 0.2) is 0 Å². The number of alkyl halides is 1. The quantitative estimate of drug-likeness (QED) is 0.818. The first-order valence-corrected chi connectivity index (χ1v) is 6.65. The minimum Gasteiger partial charge on any atom is -0.350 e. The number of hydrogen-bond donors (Lipinski definition) is 1. The van der Waals surface area contributed by atoms with Gasteiger partial charge < -0.3 is 5.32 Å². The van der Waals surface area contributed by atoms with Gasteiger partial charge in [0.1, 0.15) is 0 Å².